The molecule has 5 aromatic rings. The number of amides is 3. The van der Waals surface area contributed by atoms with Gasteiger partial charge in [0.05, 0.1) is 81.8 Å². The first-order valence-corrected chi connectivity index (χ1v) is 34.1. The van der Waals surface area contributed by atoms with E-state index in [0.717, 1.165) is 77.8 Å². The fraction of sp³-hybridized carbons (Fsp3) is 0.485. The van der Waals surface area contributed by atoms with Crippen LogP contribution < -0.4 is 44.3 Å². The fourth-order valence-corrected chi connectivity index (χ4v) is 16.0. The zero-order valence-corrected chi connectivity index (χ0v) is 53.8. The maximum atomic E-state index is 14.4. The Kier molecular flexibility index (Phi) is 20.9. The molecule has 4 heterocycles. The van der Waals surface area contributed by atoms with Crippen LogP contribution in [0.4, 0.5) is 28.4 Å². The van der Waals surface area contributed by atoms with Crippen molar-refractivity contribution in [2.24, 2.45) is 10.9 Å². The summed E-state index contributed by atoms with van der Waals surface area (Å²) in [4.78, 5) is 53.1. The molecular formula is C66H82N6O13S3. The normalized spacial score (nSPS) is 17.5. The summed E-state index contributed by atoms with van der Waals surface area (Å²) in [6.07, 6.45) is 8.32. The van der Waals surface area contributed by atoms with Gasteiger partial charge in [-0.15, -0.1) is 0 Å². The Morgan fingerprint density at radius 2 is 1.38 bits per heavy atom. The second kappa shape index (κ2) is 28.5. The topological polar surface area (TPSA) is 216 Å². The third kappa shape index (κ3) is 15.2. The molecule has 3 amide bonds. The third-order valence-electron chi connectivity index (χ3n) is 17.0. The quantitative estimate of drug-likeness (QED) is 0.0230. The average molecular weight is 1260 g/mol. The molecule has 0 radical (unpaired) electrons. The molecule has 88 heavy (non-hydrogen) atoms. The van der Waals surface area contributed by atoms with Crippen molar-refractivity contribution in [1.29, 1.82) is 0 Å². The van der Waals surface area contributed by atoms with Crippen molar-refractivity contribution in [2.75, 3.05) is 99.8 Å². The molecule has 4 aliphatic heterocycles. The number of hydrogen-bond donors (Lipinski definition) is 3. The summed E-state index contributed by atoms with van der Waals surface area (Å²) in [7, 11) is 3.03. The highest BCUT2D eigenvalue weighted by Crippen LogP contribution is 2.44. The van der Waals surface area contributed by atoms with E-state index in [4.69, 9.17) is 38.2 Å². The van der Waals surface area contributed by atoms with Crippen molar-refractivity contribution < 1.29 is 60.5 Å². The summed E-state index contributed by atoms with van der Waals surface area (Å²) in [5.41, 5.74) is 7.76. The van der Waals surface area contributed by atoms with Gasteiger partial charge in [0.1, 0.15) is 13.2 Å². The first-order chi connectivity index (χ1) is 42.3. The maximum Gasteiger partial charge on any atom is 0.276 e. The van der Waals surface area contributed by atoms with Crippen LogP contribution in [0.25, 0.3) is 0 Å². The first-order valence-electron chi connectivity index (χ1n) is 30.3. The van der Waals surface area contributed by atoms with Gasteiger partial charge in [0.2, 0.25) is 5.91 Å². The Balaban J connectivity index is 0.917. The molecule has 1 saturated carbocycles. The standard InChI is InChI=1S/C66H82N6O13S3/c1-65(2,87-86-28-21-61(88(76,77)78)62(73)69-66(3,4)47-17-9-8-10-18-47)42-70(22-23-82-26-27-83-25-24-79-5)48-30-43(40-84-59-36-53-51(34-57(59)80-6)63(74)71-49(38-67-53)32-45-15-11-13-19-55(45)71)29-44(31-48)41-85-60-37-54-52(35-58(60)81-7)64(75)72-50(39-68-54)33-46-16-12-14-20-56(46)72/h11-16,19-20,29-31,34-38,47,49-50,61,68H,8-10,17-18,21-28,32-33,39-42H2,1-7H3,(H,69,73)(H,76,77,78)/t49?,50-,61?/m0/s1. The minimum Gasteiger partial charge on any atom is -0.493 e. The first kappa shape index (κ1) is 64.5. The molecule has 5 aromatic carbocycles. The van der Waals surface area contributed by atoms with Crippen molar-refractivity contribution in [3.05, 3.63) is 124 Å². The van der Waals surface area contributed by atoms with E-state index in [2.05, 4.69) is 47.6 Å². The lowest BCUT2D eigenvalue weighted by Gasteiger charge is -2.38. The highest BCUT2D eigenvalue weighted by atomic mass is 33.1. The van der Waals surface area contributed by atoms with Crippen LogP contribution in [-0.2, 0) is 55.2 Å². The molecule has 3 N–H and O–H groups in total. The number of benzene rings is 5. The molecule has 472 valence electrons. The Morgan fingerprint density at radius 3 is 2.05 bits per heavy atom. The number of rotatable bonds is 29. The van der Waals surface area contributed by atoms with Gasteiger partial charge in [0.15, 0.2) is 28.2 Å². The lowest BCUT2D eigenvalue weighted by molar-refractivity contribution is -0.123. The number of hydrogen-bond acceptors (Lipinski definition) is 17. The Bertz CT molecular complexity index is 3470. The number of nitrogens with one attached hydrogen (secondary N) is 2. The van der Waals surface area contributed by atoms with Crippen molar-refractivity contribution in [2.45, 2.75) is 120 Å². The Hall–Kier alpha value is -6.53. The van der Waals surface area contributed by atoms with E-state index < -0.39 is 31.6 Å². The summed E-state index contributed by atoms with van der Waals surface area (Å²) in [6, 6.07) is 28.8. The number of ether oxygens (including phenoxy) is 7. The highest BCUT2D eigenvalue weighted by Gasteiger charge is 2.41. The molecule has 5 aliphatic rings. The number of carbonyl (C=O) groups excluding carboxylic acids is 3. The van der Waals surface area contributed by atoms with E-state index in [1.807, 2.05) is 79.6 Å². The van der Waals surface area contributed by atoms with Crippen molar-refractivity contribution in [3.8, 4) is 23.0 Å². The molecule has 0 saturated heterocycles. The summed E-state index contributed by atoms with van der Waals surface area (Å²) >= 11 is 0. The molecule has 0 spiro atoms. The van der Waals surface area contributed by atoms with Gasteiger partial charge < -0.3 is 53.6 Å². The number of nitrogens with zero attached hydrogens (tertiary/aromatic N) is 4. The van der Waals surface area contributed by atoms with Gasteiger partial charge in [-0.05, 0) is 124 Å². The van der Waals surface area contributed by atoms with Gasteiger partial charge in [-0.3, -0.25) is 28.8 Å². The molecule has 10 rings (SSSR count). The van der Waals surface area contributed by atoms with Crippen molar-refractivity contribution in [1.82, 2.24) is 5.32 Å². The predicted octanol–water partition coefficient (Wildman–Crippen LogP) is 10.9. The van der Waals surface area contributed by atoms with Crippen LogP contribution in [0.15, 0.2) is 96.0 Å². The lowest BCUT2D eigenvalue weighted by Crippen LogP contribution is -2.54. The molecule has 0 bridgehead atoms. The van der Waals surface area contributed by atoms with Crippen LogP contribution in [0.1, 0.15) is 109 Å². The van der Waals surface area contributed by atoms with Gasteiger partial charge in [-0.2, -0.15) is 8.42 Å². The van der Waals surface area contributed by atoms with E-state index >= 15 is 0 Å². The molecule has 1 fully saturated rings. The average Bonchev–Trinajstić information content (AvgIpc) is 2.23. The second-order valence-corrected chi connectivity index (χ2v) is 28.9. The van der Waals surface area contributed by atoms with Gasteiger partial charge in [0.25, 0.3) is 21.9 Å². The van der Waals surface area contributed by atoms with Crippen LogP contribution in [0.5, 0.6) is 23.0 Å². The Labute approximate surface area is 525 Å². The fourth-order valence-electron chi connectivity index (χ4n) is 12.5. The summed E-state index contributed by atoms with van der Waals surface area (Å²) in [5, 5.41) is 4.92. The number of methoxy groups -OCH3 is 3. The molecule has 1 aliphatic carbocycles. The zero-order valence-electron chi connectivity index (χ0n) is 51.3. The number of carbonyl (C=O) groups is 3. The summed E-state index contributed by atoms with van der Waals surface area (Å²) < 4.78 is 77.7. The summed E-state index contributed by atoms with van der Waals surface area (Å²) in [5.74, 6) is 1.12. The van der Waals surface area contributed by atoms with Crippen LogP contribution in [0.2, 0.25) is 0 Å². The molecule has 19 nitrogen and oxygen atoms in total. The van der Waals surface area contributed by atoms with E-state index in [-0.39, 0.29) is 55.2 Å². The monoisotopic (exact) mass is 1260 g/mol. The van der Waals surface area contributed by atoms with Gasteiger partial charge in [0, 0.05) is 84.6 Å². The molecule has 22 heteroatoms. The SMILES string of the molecule is COCCOCCOCCN(CC(C)(C)SSCCC(C(=O)NC(C)(C)C1CCCCC1)S(=O)(=O)O)c1cc(COc2cc3c(cc2OC)C(=O)N2c4ccccc4CC2C=N3)cc(COc2cc3c(cc2OC)C(=O)N2c4ccccc4C[C@H]2CN3)c1. The summed E-state index contributed by atoms with van der Waals surface area (Å²) in [6.45, 7) is 11.7. The molecular weight excluding hydrogens is 1180 g/mol. The Morgan fingerprint density at radius 1 is 0.761 bits per heavy atom. The molecule has 0 aromatic heterocycles. The maximum absolute atomic E-state index is 14.4. The van der Waals surface area contributed by atoms with Crippen LogP contribution in [-0.4, -0.2) is 144 Å². The molecule has 3 atom stereocenters. The number of para-hydroxylation sites is 2. The number of aliphatic imine (C=N–C) groups is 1. The molecule has 2 unspecified atom stereocenters. The van der Waals surface area contributed by atoms with Crippen LogP contribution in [0, 0.1) is 5.92 Å². The van der Waals surface area contributed by atoms with Gasteiger partial charge in [-0.1, -0.05) is 77.2 Å². The second-order valence-electron chi connectivity index (χ2n) is 24.2. The minimum atomic E-state index is -4.71. The van der Waals surface area contributed by atoms with Crippen molar-refractivity contribution in [3.63, 3.8) is 0 Å². The third-order valence-corrected chi connectivity index (χ3v) is 21.5. The van der Waals surface area contributed by atoms with E-state index in [9.17, 15) is 27.4 Å². The largest absolute Gasteiger partial charge is 0.493 e. The van der Waals surface area contributed by atoms with Gasteiger partial charge in [-0.25, -0.2) is 0 Å². The number of anilines is 4. The lowest BCUT2D eigenvalue weighted by atomic mass is 9.76. The highest BCUT2D eigenvalue weighted by molar-refractivity contribution is 8.77. The predicted molar refractivity (Wildman–Crippen MR) is 348 cm³/mol. The van der Waals surface area contributed by atoms with E-state index in [1.54, 1.807) is 55.2 Å². The van der Waals surface area contributed by atoms with Gasteiger partial charge >= 0.3 is 0 Å². The number of fused-ring (bicyclic) bond motifs is 8. The van der Waals surface area contributed by atoms with E-state index in [0.29, 0.717) is 105 Å². The van der Waals surface area contributed by atoms with Crippen LogP contribution >= 0.6 is 21.6 Å². The zero-order chi connectivity index (χ0) is 62.2. The smallest absolute Gasteiger partial charge is 0.276 e. The van der Waals surface area contributed by atoms with E-state index in [1.165, 1.54) is 10.8 Å². The van der Waals surface area contributed by atoms with Crippen LogP contribution in [0.3, 0.4) is 0 Å². The van der Waals surface area contributed by atoms with Crippen molar-refractivity contribution >= 4 is 84.1 Å². The minimum absolute atomic E-state index is 0.0589.